The zero-order chi connectivity index (χ0) is 9.82. The molecule has 0 aromatic rings. The van der Waals surface area contributed by atoms with Gasteiger partial charge in [0.15, 0.2) is 0 Å². The molecule has 0 aliphatic rings. The van der Waals surface area contributed by atoms with Gasteiger partial charge in [-0.25, -0.2) is 0 Å². The fraction of sp³-hybridized carbons (Fsp3) is 0.571. The lowest BCUT2D eigenvalue weighted by Gasteiger charge is -1.91. The van der Waals surface area contributed by atoms with Gasteiger partial charge in [0.1, 0.15) is 0 Å². The van der Waals surface area contributed by atoms with Crippen LogP contribution in [0.25, 0.3) is 0 Å². The first-order valence-electron chi connectivity index (χ1n) is 3.35. The topological polar surface area (TPSA) is 66.8 Å². The first-order valence-corrected chi connectivity index (χ1v) is 3.99. The van der Waals surface area contributed by atoms with Gasteiger partial charge in [-0.3, -0.25) is 4.79 Å². The minimum Gasteiger partial charge on any atom is -0.435 e. The molecule has 0 radical (unpaired) electrons. The Morgan fingerprint density at radius 1 is 1.50 bits per heavy atom. The molecule has 0 fully saturated rings. The van der Waals surface area contributed by atoms with E-state index in [-0.39, 0.29) is 19.2 Å². The van der Waals surface area contributed by atoms with Crippen molar-refractivity contribution in [2.75, 3.05) is 19.0 Å². The minimum atomic E-state index is -0.282. The Kier molecular flexibility index (Phi) is 15.3. The molecule has 72 valence electrons. The van der Waals surface area contributed by atoms with Crippen LogP contribution in [0.2, 0.25) is 0 Å². The molecule has 0 rings (SSSR count). The van der Waals surface area contributed by atoms with E-state index in [0.29, 0.717) is 12.2 Å². The van der Waals surface area contributed by atoms with Crippen molar-refractivity contribution in [3.63, 3.8) is 0 Å². The molecule has 0 amide bonds. The molecule has 0 aliphatic carbocycles. The number of rotatable bonds is 4. The van der Waals surface area contributed by atoms with Gasteiger partial charge in [-0.05, 0) is 0 Å². The van der Waals surface area contributed by atoms with Crippen LogP contribution in [-0.4, -0.2) is 35.1 Å². The number of aliphatic hydroxyl groups is 2. The predicted octanol–water partition coefficient (Wildman–Crippen LogP) is -0.0360. The van der Waals surface area contributed by atoms with Crippen LogP contribution in [0.5, 0.6) is 0 Å². The van der Waals surface area contributed by atoms with Crippen molar-refractivity contribution in [2.45, 2.75) is 6.42 Å². The number of thiol groups is 1. The molecule has 5 heteroatoms. The van der Waals surface area contributed by atoms with E-state index in [9.17, 15) is 4.79 Å². The molecule has 12 heavy (non-hydrogen) atoms. The van der Waals surface area contributed by atoms with Gasteiger partial charge in [-0.2, -0.15) is 12.6 Å². The highest BCUT2D eigenvalue weighted by Gasteiger charge is 1.94. The van der Waals surface area contributed by atoms with E-state index in [1.54, 1.807) is 0 Å². The molecule has 0 bridgehead atoms. The Balaban J connectivity index is 0. The van der Waals surface area contributed by atoms with Crippen molar-refractivity contribution in [1.82, 2.24) is 0 Å². The standard InChI is InChI=1S/C5H8O2S.C2H6O2/c1-2-7-5(6)3-4-8;3-1-2-4/h2,8H,1,3-4H2;3-4H,1-2H2. The average molecular weight is 194 g/mol. The number of hydrogen-bond acceptors (Lipinski definition) is 5. The summed E-state index contributed by atoms with van der Waals surface area (Å²) in [6.45, 7) is 2.96. The van der Waals surface area contributed by atoms with Crippen molar-refractivity contribution < 1.29 is 19.7 Å². The Morgan fingerprint density at radius 3 is 2.25 bits per heavy atom. The van der Waals surface area contributed by atoms with Gasteiger partial charge < -0.3 is 14.9 Å². The summed E-state index contributed by atoms with van der Waals surface area (Å²) in [6, 6.07) is 0. The predicted molar refractivity (Wildman–Crippen MR) is 48.9 cm³/mol. The molecule has 4 nitrogen and oxygen atoms in total. The maximum absolute atomic E-state index is 10.3. The molecule has 0 saturated carbocycles. The average Bonchev–Trinajstić information content (AvgIpc) is 2.06. The normalized spacial score (nSPS) is 7.92. The van der Waals surface area contributed by atoms with E-state index < -0.39 is 0 Å². The number of esters is 1. The Morgan fingerprint density at radius 2 is 2.00 bits per heavy atom. The van der Waals surface area contributed by atoms with Crippen molar-refractivity contribution in [3.8, 4) is 0 Å². The third-order valence-electron chi connectivity index (χ3n) is 0.631. The molecule has 0 saturated heterocycles. The number of aliphatic hydroxyl groups excluding tert-OH is 2. The summed E-state index contributed by atoms with van der Waals surface area (Å²) in [5, 5.41) is 15.2. The van der Waals surface area contributed by atoms with E-state index >= 15 is 0 Å². The second kappa shape index (κ2) is 13.1. The lowest BCUT2D eigenvalue weighted by atomic mass is 10.5. The molecule has 0 aliphatic heterocycles. The lowest BCUT2D eigenvalue weighted by Crippen LogP contribution is -1.98. The van der Waals surface area contributed by atoms with E-state index in [4.69, 9.17) is 10.2 Å². The summed E-state index contributed by atoms with van der Waals surface area (Å²) in [5.74, 6) is 0.238. The van der Waals surface area contributed by atoms with Gasteiger partial charge >= 0.3 is 5.97 Å². The van der Waals surface area contributed by atoms with Crippen LogP contribution in [0.4, 0.5) is 0 Å². The van der Waals surface area contributed by atoms with E-state index in [0.717, 1.165) is 6.26 Å². The Labute approximate surface area is 77.3 Å². The van der Waals surface area contributed by atoms with Gasteiger partial charge in [0, 0.05) is 5.75 Å². The highest BCUT2D eigenvalue weighted by atomic mass is 32.1. The second-order valence-corrected chi connectivity index (χ2v) is 2.02. The fourth-order valence-electron chi connectivity index (χ4n) is 0.243. The smallest absolute Gasteiger partial charge is 0.311 e. The molecule has 0 aromatic heterocycles. The molecular weight excluding hydrogens is 180 g/mol. The number of hydrogen-bond donors (Lipinski definition) is 3. The van der Waals surface area contributed by atoms with Gasteiger partial charge in [0.05, 0.1) is 25.9 Å². The molecule has 0 unspecified atom stereocenters. The van der Waals surface area contributed by atoms with Gasteiger partial charge in [0.25, 0.3) is 0 Å². The molecule has 2 N–H and O–H groups in total. The summed E-state index contributed by atoms with van der Waals surface area (Å²) in [6.07, 6.45) is 1.46. The molecule has 0 atom stereocenters. The van der Waals surface area contributed by atoms with Crippen LogP contribution in [0.3, 0.4) is 0 Å². The van der Waals surface area contributed by atoms with Crippen molar-refractivity contribution in [2.24, 2.45) is 0 Å². The van der Waals surface area contributed by atoms with Gasteiger partial charge in [-0.1, -0.05) is 6.58 Å². The van der Waals surface area contributed by atoms with E-state index in [2.05, 4.69) is 23.9 Å². The molecular formula is C7H14O4S. The number of carbonyl (C=O) groups is 1. The van der Waals surface area contributed by atoms with Crippen molar-refractivity contribution in [3.05, 3.63) is 12.8 Å². The second-order valence-electron chi connectivity index (χ2n) is 1.58. The maximum atomic E-state index is 10.3. The summed E-state index contributed by atoms with van der Waals surface area (Å²) in [5.41, 5.74) is 0. The molecule has 0 spiro atoms. The van der Waals surface area contributed by atoms with Crippen molar-refractivity contribution >= 4 is 18.6 Å². The van der Waals surface area contributed by atoms with Crippen LogP contribution in [0.1, 0.15) is 6.42 Å². The first kappa shape index (κ1) is 14.0. The highest BCUT2D eigenvalue weighted by molar-refractivity contribution is 7.80. The van der Waals surface area contributed by atoms with E-state index in [1.165, 1.54) is 0 Å². The van der Waals surface area contributed by atoms with Crippen LogP contribution < -0.4 is 0 Å². The lowest BCUT2D eigenvalue weighted by molar-refractivity contribution is -0.137. The van der Waals surface area contributed by atoms with Crippen LogP contribution in [0, 0.1) is 0 Å². The highest BCUT2D eigenvalue weighted by Crippen LogP contribution is 1.87. The van der Waals surface area contributed by atoms with Crippen LogP contribution >= 0.6 is 12.6 Å². The van der Waals surface area contributed by atoms with Crippen molar-refractivity contribution in [1.29, 1.82) is 0 Å². The SMILES string of the molecule is C=COC(=O)CCS.OCCO. The quantitative estimate of drug-likeness (QED) is 0.334. The zero-order valence-corrected chi connectivity index (χ0v) is 7.67. The van der Waals surface area contributed by atoms with Crippen LogP contribution in [-0.2, 0) is 9.53 Å². The first-order chi connectivity index (χ1) is 5.72. The summed E-state index contributed by atoms with van der Waals surface area (Å²) in [4.78, 5) is 10.3. The Bertz CT molecular complexity index is 114. The largest absolute Gasteiger partial charge is 0.435 e. The van der Waals surface area contributed by atoms with Gasteiger partial charge in [0.2, 0.25) is 0 Å². The third kappa shape index (κ3) is 16.2. The number of ether oxygens (including phenoxy) is 1. The van der Waals surface area contributed by atoms with Crippen LogP contribution in [0.15, 0.2) is 12.8 Å². The minimum absolute atomic E-state index is 0.125. The molecule has 0 aromatic carbocycles. The fourth-order valence-corrected chi connectivity index (χ4v) is 0.426. The summed E-state index contributed by atoms with van der Waals surface area (Å²) in [7, 11) is 0. The number of carbonyl (C=O) groups excluding carboxylic acids is 1. The van der Waals surface area contributed by atoms with Gasteiger partial charge in [-0.15, -0.1) is 0 Å². The third-order valence-corrected chi connectivity index (χ3v) is 0.854. The van der Waals surface area contributed by atoms with E-state index in [1.807, 2.05) is 0 Å². The Hall–Kier alpha value is -0.520. The molecule has 0 heterocycles. The monoisotopic (exact) mass is 194 g/mol. The zero-order valence-electron chi connectivity index (χ0n) is 6.77. The summed E-state index contributed by atoms with van der Waals surface area (Å²) < 4.78 is 4.36. The summed E-state index contributed by atoms with van der Waals surface area (Å²) >= 11 is 3.82. The maximum Gasteiger partial charge on any atom is 0.311 e.